The van der Waals surface area contributed by atoms with E-state index in [9.17, 15) is 18.0 Å². The van der Waals surface area contributed by atoms with Gasteiger partial charge in [-0.3, -0.25) is 9.69 Å². The Bertz CT molecular complexity index is 876. The van der Waals surface area contributed by atoms with Crippen LogP contribution >= 0.6 is 0 Å². The third kappa shape index (κ3) is 5.30. The fraction of sp³-hybridized carbons (Fsp3) is 0.600. The number of anilines is 1. The molecule has 0 radical (unpaired) electrons. The molecule has 2 N–H and O–H groups in total. The number of benzene rings is 1. The highest BCUT2D eigenvalue weighted by Crippen LogP contribution is 2.25. The summed E-state index contributed by atoms with van der Waals surface area (Å²) in [5.41, 5.74) is 1.84. The number of hydrogen-bond donors (Lipinski definition) is 2. The maximum Gasteiger partial charge on any atom is 0.319 e. The van der Waals surface area contributed by atoms with E-state index in [4.69, 9.17) is 4.74 Å². The molecule has 0 aromatic heterocycles. The summed E-state index contributed by atoms with van der Waals surface area (Å²) in [6, 6.07) is 6.54. The smallest absolute Gasteiger partial charge is 0.319 e. The summed E-state index contributed by atoms with van der Waals surface area (Å²) in [5, 5.41) is 5.75. The second kappa shape index (κ2) is 9.76. The zero-order valence-electron chi connectivity index (χ0n) is 17.5. The molecule has 2 heterocycles. The highest BCUT2D eigenvalue weighted by atomic mass is 32.2. The van der Waals surface area contributed by atoms with E-state index >= 15 is 0 Å². The molecule has 2 aliphatic rings. The third-order valence-electron chi connectivity index (χ3n) is 5.54. The van der Waals surface area contributed by atoms with Gasteiger partial charge in [0, 0.05) is 45.1 Å². The lowest BCUT2D eigenvalue weighted by Crippen LogP contribution is -2.45. The van der Waals surface area contributed by atoms with Crippen LogP contribution in [-0.2, 0) is 26.0 Å². The summed E-state index contributed by atoms with van der Waals surface area (Å²) < 4.78 is 31.0. The fourth-order valence-electron chi connectivity index (χ4n) is 3.98. The van der Waals surface area contributed by atoms with E-state index in [-0.39, 0.29) is 30.9 Å². The van der Waals surface area contributed by atoms with E-state index < -0.39 is 22.0 Å². The first-order valence-corrected chi connectivity index (χ1v) is 11.9. The molecule has 9 nitrogen and oxygen atoms in total. The predicted octanol–water partition coefficient (Wildman–Crippen LogP) is 1.02. The number of carbonyl (C=O) groups excluding carboxylic acids is 2. The van der Waals surface area contributed by atoms with Crippen molar-refractivity contribution in [2.75, 3.05) is 44.4 Å². The van der Waals surface area contributed by atoms with Crippen molar-refractivity contribution in [3.8, 4) is 0 Å². The van der Waals surface area contributed by atoms with Gasteiger partial charge in [0.25, 0.3) is 5.91 Å². The molecule has 1 aromatic carbocycles. The van der Waals surface area contributed by atoms with Gasteiger partial charge in [0.05, 0.1) is 11.8 Å². The minimum Gasteiger partial charge on any atom is -0.385 e. The van der Waals surface area contributed by atoms with Crippen LogP contribution < -0.4 is 10.6 Å². The number of nitrogens with one attached hydrogen (secondary N) is 2. The van der Waals surface area contributed by atoms with Crippen LogP contribution in [0.4, 0.5) is 10.5 Å². The Morgan fingerprint density at radius 2 is 2.13 bits per heavy atom. The second-order valence-corrected chi connectivity index (χ2v) is 9.68. The molecule has 2 fully saturated rings. The number of amides is 3. The van der Waals surface area contributed by atoms with Crippen LogP contribution in [-0.4, -0.2) is 80.7 Å². The maximum absolute atomic E-state index is 13.0. The molecule has 0 spiro atoms. The monoisotopic (exact) mass is 438 g/mol. The molecule has 2 aliphatic heterocycles. The van der Waals surface area contributed by atoms with Crippen molar-refractivity contribution in [2.45, 2.75) is 38.3 Å². The minimum absolute atomic E-state index is 0.106. The van der Waals surface area contributed by atoms with Gasteiger partial charge in [-0.2, -0.15) is 0 Å². The number of carbonyl (C=O) groups is 2. The molecule has 30 heavy (non-hydrogen) atoms. The van der Waals surface area contributed by atoms with Gasteiger partial charge >= 0.3 is 6.03 Å². The first-order chi connectivity index (χ1) is 14.3. The van der Waals surface area contributed by atoms with Crippen molar-refractivity contribution in [1.29, 1.82) is 0 Å². The average Bonchev–Trinajstić information content (AvgIpc) is 3.08. The third-order valence-corrected chi connectivity index (χ3v) is 7.28. The Morgan fingerprint density at radius 1 is 1.33 bits per heavy atom. The lowest BCUT2D eigenvalue weighted by atomic mass is 10.1. The van der Waals surface area contributed by atoms with Gasteiger partial charge in [-0.05, 0) is 37.0 Å². The molecule has 0 unspecified atom stereocenters. The summed E-state index contributed by atoms with van der Waals surface area (Å²) in [4.78, 5) is 27.2. The number of aryl methyl sites for hydroxylation is 1. The highest BCUT2D eigenvalue weighted by Gasteiger charge is 2.45. The van der Waals surface area contributed by atoms with E-state index in [0.717, 1.165) is 16.3 Å². The molecule has 2 atom stereocenters. The summed E-state index contributed by atoms with van der Waals surface area (Å²) in [6.45, 7) is 3.27. The number of urea groups is 1. The van der Waals surface area contributed by atoms with Gasteiger partial charge in [-0.1, -0.05) is 19.1 Å². The van der Waals surface area contributed by atoms with Crippen molar-refractivity contribution in [1.82, 2.24) is 14.5 Å². The van der Waals surface area contributed by atoms with Crippen molar-refractivity contribution in [2.24, 2.45) is 0 Å². The van der Waals surface area contributed by atoms with E-state index in [1.807, 2.05) is 36.1 Å². The minimum atomic E-state index is -3.63. The number of fused-ring (bicyclic) bond motifs is 1. The number of hydrogen-bond acceptors (Lipinski definition) is 6. The fourth-order valence-corrected chi connectivity index (χ4v) is 5.47. The lowest BCUT2D eigenvalue weighted by Gasteiger charge is -2.23. The summed E-state index contributed by atoms with van der Waals surface area (Å²) in [5.74, 6) is -0.519. The van der Waals surface area contributed by atoms with Gasteiger partial charge < -0.3 is 15.4 Å². The van der Waals surface area contributed by atoms with Crippen LogP contribution in [0.25, 0.3) is 0 Å². The Morgan fingerprint density at radius 3 is 2.87 bits per heavy atom. The summed E-state index contributed by atoms with van der Waals surface area (Å²) in [6.07, 6.45) is 1.72. The van der Waals surface area contributed by atoms with Crippen LogP contribution in [0, 0.1) is 0 Å². The van der Waals surface area contributed by atoms with Gasteiger partial charge in [0.2, 0.25) is 10.0 Å². The van der Waals surface area contributed by atoms with Gasteiger partial charge in [0.1, 0.15) is 0 Å². The molecular formula is C20H30N4O5S. The van der Waals surface area contributed by atoms with Gasteiger partial charge in [0.15, 0.2) is 0 Å². The zero-order valence-corrected chi connectivity index (χ0v) is 18.3. The van der Waals surface area contributed by atoms with Crippen LogP contribution in [0.3, 0.4) is 0 Å². The van der Waals surface area contributed by atoms with Crippen molar-refractivity contribution >= 4 is 27.6 Å². The number of methoxy groups -OCH3 is 1. The molecule has 0 bridgehead atoms. The van der Waals surface area contributed by atoms with Gasteiger partial charge in [-0.15, -0.1) is 0 Å². The summed E-state index contributed by atoms with van der Waals surface area (Å²) in [7, 11) is -2.09. The molecule has 2 saturated heterocycles. The molecule has 0 aliphatic carbocycles. The largest absolute Gasteiger partial charge is 0.385 e. The van der Waals surface area contributed by atoms with Gasteiger partial charge in [-0.25, -0.2) is 17.5 Å². The molecule has 3 amide bonds. The van der Waals surface area contributed by atoms with Crippen molar-refractivity contribution < 1.29 is 22.7 Å². The van der Waals surface area contributed by atoms with E-state index in [1.54, 1.807) is 0 Å². The van der Waals surface area contributed by atoms with Crippen LogP contribution in [0.1, 0.15) is 25.3 Å². The van der Waals surface area contributed by atoms with E-state index in [0.29, 0.717) is 31.7 Å². The van der Waals surface area contributed by atoms with E-state index in [2.05, 4.69) is 10.6 Å². The Balaban J connectivity index is 1.61. The lowest BCUT2D eigenvalue weighted by molar-refractivity contribution is -0.130. The molecule has 1 aromatic rings. The second-order valence-electron chi connectivity index (χ2n) is 7.67. The van der Waals surface area contributed by atoms with Crippen molar-refractivity contribution in [3.63, 3.8) is 0 Å². The molecule has 3 rings (SSSR count). The highest BCUT2D eigenvalue weighted by molar-refractivity contribution is 7.89. The zero-order chi connectivity index (χ0) is 21.7. The molecular weight excluding hydrogens is 408 g/mol. The number of ether oxygens (including phenoxy) is 1. The standard InChI is InChI=1S/C20H30N4O5S/c1-3-15-6-4-7-16(12-15)21-20(26)22-17-13-18-19(25)24(8-5-10-29-2)30(27,28)11-9-23(18)14-17/h4,6-7,12,17-18H,3,5,8-11,13-14H2,1-2H3,(H2,21,22,26)/t17-,18-/m0/s1. The molecule has 10 heteroatoms. The average molecular weight is 439 g/mol. The first kappa shape index (κ1) is 22.5. The van der Waals surface area contributed by atoms with E-state index in [1.165, 1.54) is 7.11 Å². The predicted molar refractivity (Wildman–Crippen MR) is 114 cm³/mol. The first-order valence-electron chi connectivity index (χ1n) is 10.3. The topological polar surface area (TPSA) is 108 Å². The van der Waals surface area contributed by atoms with Crippen LogP contribution in [0.15, 0.2) is 24.3 Å². The number of sulfonamides is 1. The SMILES string of the molecule is CCc1cccc(NC(=O)N[C@H]2C[C@H]3C(=O)N(CCCOC)S(=O)(=O)CCN3C2)c1. The maximum atomic E-state index is 13.0. The number of nitrogens with zero attached hydrogens (tertiary/aromatic N) is 2. The molecule has 166 valence electrons. The molecule has 0 saturated carbocycles. The summed E-state index contributed by atoms with van der Waals surface area (Å²) >= 11 is 0. The Hall–Kier alpha value is -2.17. The Labute approximate surface area is 177 Å². The van der Waals surface area contributed by atoms with Crippen LogP contribution in [0.5, 0.6) is 0 Å². The normalized spacial score (nSPS) is 23.7. The Kier molecular flexibility index (Phi) is 7.32. The van der Waals surface area contributed by atoms with Crippen molar-refractivity contribution in [3.05, 3.63) is 29.8 Å². The number of rotatable bonds is 7. The quantitative estimate of drug-likeness (QED) is 0.616. The van der Waals surface area contributed by atoms with Crippen LogP contribution in [0.2, 0.25) is 0 Å².